The van der Waals surface area contributed by atoms with Crippen molar-refractivity contribution in [2.75, 3.05) is 11.9 Å². The van der Waals surface area contributed by atoms with E-state index in [0.29, 0.717) is 18.0 Å². The molecule has 0 bridgehead atoms. The van der Waals surface area contributed by atoms with Gasteiger partial charge in [0.2, 0.25) is 0 Å². The molecule has 0 amide bonds. The summed E-state index contributed by atoms with van der Waals surface area (Å²) >= 11 is 5.76. The van der Waals surface area contributed by atoms with E-state index in [2.05, 4.69) is 10.3 Å². The molecule has 0 radical (unpaired) electrons. The Labute approximate surface area is 89.1 Å². The number of nitrogens with one attached hydrogen (secondary N) is 1. The number of pyridine rings is 1. The number of aromatic nitrogens is 1. The first-order chi connectivity index (χ1) is 6.47. The van der Waals surface area contributed by atoms with Crippen LogP contribution in [0.1, 0.15) is 20.3 Å². The van der Waals surface area contributed by atoms with Crippen LogP contribution < -0.4 is 5.32 Å². The molecule has 1 rings (SSSR count). The summed E-state index contributed by atoms with van der Waals surface area (Å²) in [6, 6.07) is 1.80. The minimum Gasteiger partial charge on any atom is -0.390 e. The molecule has 1 aromatic heterocycles. The highest BCUT2D eigenvalue weighted by Gasteiger charge is 2.10. The van der Waals surface area contributed by atoms with Gasteiger partial charge < -0.3 is 10.4 Å². The third-order valence-electron chi connectivity index (χ3n) is 1.77. The number of hydrogen-bond acceptors (Lipinski definition) is 3. The standard InChI is InChI=1S/C10H15ClN2O/c1-10(2,14)3-4-13-9-5-8(11)6-12-7-9/h5-7,13-14H,3-4H2,1-2H3. The van der Waals surface area contributed by atoms with Gasteiger partial charge in [-0.15, -0.1) is 0 Å². The van der Waals surface area contributed by atoms with Crippen LogP contribution in [0.2, 0.25) is 5.02 Å². The molecule has 2 N–H and O–H groups in total. The third kappa shape index (κ3) is 4.44. The van der Waals surface area contributed by atoms with Gasteiger partial charge in [0.05, 0.1) is 22.5 Å². The largest absolute Gasteiger partial charge is 0.390 e. The van der Waals surface area contributed by atoms with Crippen molar-refractivity contribution in [3.05, 3.63) is 23.5 Å². The Morgan fingerprint density at radius 2 is 2.21 bits per heavy atom. The summed E-state index contributed by atoms with van der Waals surface area (Å²) in [7, 11) is 0. The van der Waals surface area contributed by atoms with E-state index in [-0.39, 0.29) is 0 Å². The molecule has 14 heavy (non-hydrogen) atoms. The van der Waals surface area contributed by atoms with Crippen molar-refractivity contribution in [1.82, 2.24) is 4.98 Å². The Morgan fingerprint density at radius 3 is 2.79 bits per heavy atom. The average Bonchev–Trinajstić information content (AvgIpc) is 2.01. The Morgan fingerprint density at radius 1 is 1.50 bits per heavy atom. The molecule has 0 aliphatic rings. The zero-order chi connectivity index (χ0) is 10.6. The molecule has 0 unspecified atom stereocenters. The molecule has 1 heterocycles. The SMILES string of the molecule is CC(C)(O)CCNc1cncc(Cl)c1. The molecule has 1 aromatic rings. The molecule has 0 aliphatic heterocycles. The molecule has 3 nitrogen and oxygen atoms in total. The van der Waals surface area contributed by atoms with E-state index in [4.69, 9.17) is 11.6 Å². The smallest absolute Gasteiger partial charge is 0.0609 e. The maximum absolute atomic E-state index is 9.47. The normalized spacial score (nSPS) is 11.4. The highest BCUT2D eigenvalue weighted by molar-refractivity contribution is 6.30. The highest BCUT2D eigenvalue weighted by atomic mass is 35.5. The van der Waals surface area contributed by atoms with Crippen molar-refractivity contribution < 1.29 is 5.11 Å². The van der Waals surface area contributed by atoms with Gasteiger partial charge in [-0.3, -0.25) is 4.98 Å². The zero-order valence-electron chi connectivity index (χ0n) is 8.42. The second kappa shape index (κ2) is 4.62. The predicted molar refractivity (Wildman–Crippen MR) is 58.7 cm³/mol. The third-order valence-corrected chi connectivity index (χ3v) is 1.98. The van der Waals surface area contributed by atoms with E-state index >= 15 is 0 Å². The molecular weight excluding hydrogens is 200 g/mol. The zero-order valence-corrected chi connectivity index (χ0v) is 9.17. The van der Waals surface area contributed by atoms with E-state index in [9.17, 15) is 5.11 Å². The number of nitrogens with zero attached hydrogens (tertiary/aromatic N) is 1. The van der Waals surface area contributed by atoms with Crippen LogP contribution in [0.15, 0.2) is 18.5 Å². The quantitative estimate of drug-likeness (QED) is 0.809. The molecule has 78 valence electrons. The Kier molecular flexibility index (Phi) is 3.72. The molecule has 0 aromatic carbocycles. The second-order valence-electron chi connectivity index (χ2n) is 3.88. The summed E-state index contributed by atoms with van der Waals surface area (Å²) in [5.41, 5.74) is 0.237. The van der Waals surface area contributed by atoms with Crippen molar-refractivity contribution in [3.63, 3.8) is 0 Å². The maximum atomic E-state index is 9.47. The lowest BCUT2D eigenvalue weighted by molar-refractivity contribution is 0.0749. The first-order valence-corrected chi connectivity index (χ1v) is 4.92. The lowest BCUT2D eigenvalue weighted by Gasteiger charge is -2.17. The fourth-order valence-corrected chi connectivity index (χ4v) is 1.20. The molecule has 0 saturated carbocycles. The summed E-state index contributed by atoms with van der Waals surface area (Å²) in [4.78, 5) is 3.94. The summed E-state index contributed by atoms with van der Waals surface area (Å²) in [5.74, 6) is 0. The van der Waals surface area contributed by atoms with Gasteiger partial charge in [0.15, 0.2) is 0 Å². The van der Waals surface area contributed by atoms with E-state index in [1.807, 2.05) is 0 Å². The monoisotopic (exact) mass is 214 g/mol. The van der Waals surface area contributed by atoms with Crippen LogP contribution in [-0.4, -0.2) is 22.2 Å². The van der Waals surface area contributed by atoms with Gasteiger partial charge in [-0.2, -0.15) is 0 Å². The van der Waals surface area contributed by atoms with E-state index in [1.165, 1.54) is 0 Å². The Balaban J connectivity index is 2.39. The maximum Gasteiger partial charge on any atom is 0.0609 e. The van der Waals surface area contributed by atoms with E-state index in [0.717, 1.165) is 5.69 Å². The second-order valence-corrected chi connectivity index (χ2v) is 4.32. The van der Waals surface area contributed by atoms with Gasteiger partial charge >= 0.3 is 0 Å². The molecule has 0 atom stereocenters. The van der Waals surface area contributed by atoms with Crippen molar-refractivity contribution in [3.8, 4) is 0 Å². The van der Waals surface area contributed by atoms with Gasteiger partial charge in [-0.25, -0.2) is 0 Å². The molecule has 0 spiro atoms. The first-order valence-electron chi connectivity index (χ1n) is 4.54. The molecule has 0 fully saturated rings. The number of rotatable bonds is 4. The molecule has 4 heteroatoms. The van der Waals surface area contributed by atoms with E-state index < -0.39 is 5.60 Å². The fraction of sp³-hybridized carbons (Fsp3) is 0.500. The Hall–Kier alpha value is -0.800. The van der Waals surface area contributed by atoms with Crippen LogP contribution in [0.4, 0.5) is 5.69 Å². The van der Waals surface area contributed by atoms with Crippen LogP contribution >= 0.6 is 11.6 Å². The number of hydrogen-bond donors (Lipinski definition) is 2. The van der Waals surface area contributed by atoms with Crippen LogP contribution in [0.3, 0.4) is 0 Å². The summed E-state index contributed by atoms with van der Waals surface area (Å²) in [6.07, 6.45) is 3.97. The van der Waals surface area contributed by atoms with Gasteiger partial charge in [-0.05, 0) is 26.3 Å². The fourth-order valence-electron chi connectivity index (χ4n) is 1.02. The van der Waals surface area contributed by atoms with E-state index in [1.54, 1.807) is 32.3 Å². The highest BCUT2D eigenvalue weighted by Crippen LogP contribution is 2.13. The van der Waals surface area contributed by atoms with Crippen LogP contribution in [0.25, 0.3) is 0 Å². The molecule has 0 saturated heterocycles. The van der Waals surface area contributed by atoms with Crippen LogP contribution in [-0.2, 0) is 0 Å². The van der Waals surface area contributed by atoms with Crippen molar-refractivity contribution in [2.45, 2.75) is 25.9 Å². The number of anilines is 1. The Bertz CT molecular complexity index is 296. The first kappa shape index (κ1) is 11.3. The number of halogens is 1. The lowest BCUT2D eigenvalue weighted by Crippen LogP contribution is -2.22. The van der Waals surface area contributed by atoms with Gasteiger partial charge in [0.1, 0.15) is 0 Å². The van der Waals surface area contributed by atoms with Crippen molar-refractivity contribution >= 4 is 17.3 Å². The minimum atomic E-state index is -0.640. The average molecular weight is 215 g/mol. The van der Waals surface area contributed by atoms with Gasteiger partial charge in [-0.1, -0.05) is 11.6 Å². The van der Waals surface area contributed by atoms with Crippen LogP contribution in [0, 0.1) is 0 Å². The van der Waals surface area contributed by atoms with Crippen LogP contribution in [0.5, 0.6) is 0 Å². The van der Waals surface area contributed by atoms with Crippen molar-refractivity contribution in [2.24, 2.45) is 0 Å². The summed E-state index contributed by atoms with van der Waals surface area (Å²) in [6.45, 7) is 4.27. The predicted octanol–water partition coefficient (Wildman–Crippen LogP) is 2.31. The lowest BCUT2D eigenvalue weighted by atomic mass is 10.1. The summed E-state index contributed by atoms with van der Waals surface area (Å²) in [5, 5.41) is 13.2. The van der Waals surface area contributed by atoms with Crippen molar-refractivity contribution in [1.29, 1.82) is 0 Å². The summed E-state index contributed by atoms with van der Waals surface area (Å²) < 4.78 is 0. The molecular formula is C10H15ClN2O. The van der Waals surface area contributed by atoms with Gasteiger partial charge in [0.25, 0.3) is 0 Å². The number of aliphatic hydroxyl groups is 1. The van der Waals surface area contributed by atoms with Gasteiger partial charge in [0, 0.05) is 12.7 Å². The molecule has 0 aliphatic carbocycles. The topological polar surface area (TPSA) is 45.1 Å². The minimum absolute atomic E-state index is 0.609.